The molecule has 2 aromatic carbocycles. The molecule has 9 heteroatoms. The molecule has 208 valence electrons. The van der Waals surface area contributed by atoms with Gasteiger partial charge in [-0.2, -0.15) is 0 Å². The fraction of sp³-hybridized carbons (Fsp3) is 0.400. The van der Waals surface area contributed by atoms with E-state index in [0.717, 1.165) is 23.7 Å². The second kappa shape index (κ2) is 13.1. The number of benzene rings is 2. The van der Waals surface area contributed by atoms with Crippen LogP contribution in [0.3, 0.4) is 0 Å². The molecule has 0 aliphatic heterocycles. The van der Waals surface area contributed by atoms with Gasteiger partial charge in [0.1, 0.15) is 17.3 Å². The quantitative estimate of drug-likeness (QED) is 0.229. The summed E-state index contributed by atoms with van der Waals surface area (Å²) in [6.45, 7) is 5.90. The minimum absolute atomic E-state index is 0.147. The number of nitrogens with two attached hydrogens (primary N) is 1. The number of carboxylic acid groups (broad SMARTS) is 1. The van der Waals surface area contributed by atoms with E-state index in [1.807, 2.05) is 51.1 Å². The zero-order chi connectivity index (χ0) is 28.6. The van der Waals surface area contributed by atoms with Crippen LogP contribution in [0.4, 0.5) is 0 Å². The lowest BCUT2D eigenvalue weighted by atomic mass is 9.76. The molecule has 0 radical (unpaired) electrons. The summed E-state index contributed by atoms with van der Waals surface area (Å²) >= 11 is 0. The number of unbranched alkanes of at least 4 members (excludes halogenated alkanes) is 2. The van der Waals surface area contributed by atoms with Gasteiger partial charge >= 0.3 is 5.97 Å². The maximum atomic E-state index is 14.3. The zero-order valence-corrected chi connectivity index (χ0v) is 22.8. The lowest BCUT2D eigenvalue weighted by Gasteiger charge is -2.46. The van der Waals surface area contributed by atoms with Crippen molar-refractivity contribution in [2.45, 2.75) is 64.5 Å². The minimum Gasteiger partial charge on any atom is -0.481 e. The van der Waals surface area contributed by atoms with Gasteiger partial charge in [0.2, 0.25) is 11.8 Å². The van der Waals surface area contributed by atoms with Crippen LogP contribution in [0.15, 0.2) is 60.7 Å². The molecule has 3 rings (SSSR count). The third kappa shape index (κ3) is 6.47. The van der Waals surface area contributed by atoms with Crippen LogP contribution in [0.5, 0.6) is 0 Å². The highest BCUT2D eigenvalue weighted by Crippen LogP contribution is 2.37. The number of amides is 3. The predicted octanol–water partition coefficient (Wildman–Crippen LogP) is 4.19. The monoisotopic (exact) mass is 534 g/mol. The Morgan fingerprint density at radius 1 is 1.03 bits per heavy atom. The average molecular weight is 535 g/mol. The number of carbonyl (C=O) groups is 4. The lowest BCUT2D eigenvalue weighted by Crippen LogP contribution is -2.63. The lowest BCUT2D eigenvalue weighted by molar-refractivity contribution is -0.152. The van der Waals surface area contributed by atoms with Gasteiger partial charge in [0.05, 0.1) is 0 Å². The van der Waals surface area contributed by atoms with E-state index in [1.54, 1.807) is 30.3 Å². The molecule has 39 heavy (non-hydrogen) atoms. The van der Waals surface area contributed by atoms with Crippen LogP contribution in [0.25, 0.3) is 10.9 Å². The minimum atomic E-state index is -1.50. The first kappa shape index (κ1) is 29.4. The van der Waals surface area contributed by atoms with Crippen molar-refractivity contribution in [1.29, 1.82) is 0 Å². The van der Waals surface area contributed by atoms with E-state index in [0.29, 0.717) is 12.0 Å². The second-order valence-electron chi connectivity index (χ2n) is 10.1. The van der Waals surface area contributed by atoms with Crippen molar-refractivity contribution < 1.29 is 24.3 Å². The number of aromatic amines is 1. The summed E-state index contributed by atoms with van der Waals surface area (Å²) in [5.41, 5.74) is 6.15. The van der Waals surface area contributed by atoms with Crippen molar-refractivity contribution in [2.75, 3.05) is 6.54 Å². The molecule has 0 spiro atoms. The summed E-state index contributed by atoms with van der Waals surface area (Å²) in [5.74, 6) is -3.29. The molecule has 0 bridgehead atoms. The summed E-state index contributed by atoms with van der Waals surface area (Å²) < 4.78 is 0. The number of aromatic nitrogens is 1. The highest BCUT2D eigenvalue weighted by molar-refractivity contribution is 6.01. The number of hydrogen-bond acceptors (Lipinski definition) is 4. The molecule has 0 aliphatic rings. The third-order valence-corrected chi connectivity index (χ3v) is 7.13. The molecule has 1 heterocycles. The molecule has 3 aromatic rings. The number of carboxylic acids is 1. The Morgan fingerprint density at radius 3 is 2.28 bits per heavy atom. The molecule has 0 aliphatic carbocycles. The Kier molecular flexibility index (Phi) is 9.87. The number of rotatable bonds is 14. The molecule has 0 saturated carbocycles. The summed E-state index contributed by atoms with van der Waals surface area (Å²) in [7, 11) is 0. The van der Waals surface area contributed by atoms with Gasteiger partial charge < -0.3 is 26.0 Å². The van der Waals surface area contributed by atoms with Crippen LogP contribution < -0.4 is 11.1 Å². The van der Waals surface area contributed by atoms with Gasteiger partial charge in [-0.15, -0.1) is 0 Å². The molecule has 5 N–H and O–H groups in total. The first-order chi connectivity index (χ1) is 18.6. The largest absolute Gasteiger partial charge is 0.481 e. The van der Waals surface area contributed by atoms with Gasteiger partial charge in [0, 0.05) is 23.9 Å². The Morgan fingerprint density at radius 2 is 1.69 bits per heavy atom. The van der Waals surface area contributed by atoms with Crippen LogP contribution in [0.2, 0.25) is 0 Å². The normalized spacial score (nSPS) is 13.5. The van der Waals surface area contributed by atoms with Gasteiger partial charge in [0.15, 0.2) is 0 Å². The first-order valence-corrected chi connectivity index (χ1v) is 13.4. The smallest absolute Gasteiger partial charge is 0.303 e. The van der Waals surface area contributed by atoms with Crippen LogP contribution in [-0.4, -0.2) is 51.3 Å². The van der Waals surface area contributed by atoms with Crippen LogP contribution in [0, 0.1) is 5.92 Å². The van der Waals surface area contributed by atoms with Crippen molar-refractivity contribution >= 4 is 34.6 Å². The van der Waals surface area contributed by atoms with Crippen molar-refractivity contribution in [3.8, 4) is 0 Å². The Balaban J connectivity index is 2.06. The SMILES string of the molecule is CCCCCN(C(=O)[C@@H](CCC(=O)O)NC(=O)c1cc2ccccc2[nH]1)C(C(N)=O)(c1ccccc1)C(C)C. The molecule has 1 unspecified atom stereocenters. The van der Waals surface area contributed by atoms with Crippen molar-refractivity contribution in [3.05, 3.63) is 71.9 Å². The molecule has 3 amide bonds. The van der Waals surface area contributed by atoms with Crippen LogP contribution >= 0.6 is 0 Å². The summed E-state index contributed by atoms with van der Waals surface area (Å²) in [6, 6.07) is 16.8. The summed E-state index contributed by atoms with van der Waals surface area (Å²) in [5, 5.41) is 13.0. The summed E-state index contributed by atoms with van der Waals surface area (Å²) in [6.07, 6.45) is 1.82. The fourth-order valence-corrected chi connectivity index (χ4v) is 5.18. The van der Waals surface area contributed by atoms with Gasteiger partial charge in [-0.1, -0.05) is 82.1 Å². The van der Waals surface area contributed by atoms with E-state index in [2.05, 4.69) is 10.3 Å². The topological polar surface area (TPSA) is 146 Å². The Hall–Kier alpha value is -4.14. The number of hydrogen-bond donors (Lipinski definition) is 4. The standard InChI is InChI=1S/C30H38N4O5/c1-4-5-11-18-34(30(20(2)3,29(31)39)22-13-7-6-8-14-22)28(38)24(16-17-26(35)36)33-27(37)25-19-21-12-9-10-15-23(21)32-25/h6-10,12-15,19-20,24,32H,4-5,11,16-18H2,1-3H3,(H2,31,39)(H,33,37)(H,35,36)/t24-,30?/m1/s1. The van der Waals surface area contributed by atoms with E-state index in [4.69, 9.17) is 5.73 Å². The number of nitrogens with one attached hydrogen (secondary N) is 2. The number of primary amides is 1. The maximum Gasteiger partial charge on any atom is 0.303 e. The number of H-pyrrole nitrogens is 1. The van der Waals surface area contributed by atoms with E-state index in [-0.39, 0.29) is 25.1 Å². The number of nitrogens with zero attached hydrogens (tertiary/aromatic N) is 1. The van der Waals surface area contributed by atoms with E-state index in [9.17, 15) is 24.3 Å². The highest BCUT2D eigenvalue weighted by atomic mass is 16.4. The number of para-hydroxylation sites is 1. The molecule has 2 atom stereocenters. The average Bonchev–Trinajstić information content (AvgIpc) is 3.35. The number of carbonyl (C=O) groups excluding carboxylic acids is 3. The van der Waals surface area contributed by atoms with Crippen molar-refractivity contribution in [1.82, 2.24) is 15.2 Å². The molecular weight excluding hydrogens is 496 g/mol. The van der Waals surface area contributed by atoms with Crippen molar-refractivity contribution in [2.24, 2.45) is 11.7 Å². The molecule has 0 saturated heterocycles. The fourth-order valence-electron chi connectivity index (χ4n) is 5.18. The third-order valence-electron chi connectivity index (χ3n) is 7.13. The molecule has 9 nitrogen and oxygen atoms in total. The second-order valence-corrected chi connectivity index (χ2v) is 10.1. The highest BCUT2D eigenvalue weighted by Gasteiger charge is 2.50. The van der Waals surface area contributed by atoms with E-state index >= 15 is 0 Å². The Bertz CT molecular complexity index is 1270. The molecule has 0 fully saturated rings. The molecule has 1 aromatic heterocycles. The van der Waals surface area contributed by atoms with E-state index < -0.39 is 41.2 Å². The zero-order valence-electron chi connectivity index (χ0n) is 22.8. The number of fused-ring (bicyclic) bond motifs is 1. The van der Waals surface area contributed by atoms with Crippen LogP contribution in [0.1, 0.15) is 68.9 Å². The number of aliphatic carboxylic acids is 1. The first-order valence-electron chi connectivity index (χ1n) is 13.4. The van der Waals surface area contributed by atoms with Crippen molar-refractivity contribution in [3.63, 3.8) is 0 Å². The van der Waals surface area contributed by atoms with E-state index in [1.165, 1.54) is 4.90 Å². The maximum absolute atomic E-state index is 14.3. The molecular formula is C30H38N4O5. The summed E-state index contributed by atoms with van der Waals surface area (Å²) in [4.78, 5) is 56.9. The van der Waals surface area contributed by atoms with Gasteiger partial charge in [-0.05, 0) is 36.5 Å². The Labute approximate surface area is 228 Å². The van der Waals surface area contributed by atoms with Gasteiger partial charge in [-0.25, -0.2) is 0 Å². The van der Waals surface area contributed by atoms with Gasteiger partial charge in [-0.3, -0.25) is 19.2 Å². The van der Waals surface area contributed by atoms with Crippen LogP contribution in [-0.2, 0) is 19.9 Å². The predicted molar refractivity (Wildman–Crippen MR) is 150 cm³/mol. The van der Waals surface area contributed by atoms with Gasteiger partial charge in [0.25, 0.3) is 5.91 Å².